The van der Waals surface area contributed by atoms with Gasteiger partial charge in [0.1, 0.15) is 18.1 Å². The first kappa shape index (κ1) is 29.3. The van der Waals surface area contributed by atoms with Gasteiger partial charge in [-0.3, -0.25) is 19.3 Å². The number of carboxylic acids is 1. The number of rotatable bonds is 8. The van der Waals surface area contributed by atoms with Gasteiger partial charge in [0.05, 0.1) is 29.9 Å². The molecule has 1 unspecified atom stereocenters. The third-order valence-corrected chi connectivity index (χ3v) is 6.85. The molecule has 0 saturated carbocycles. The highest BCUT2D eigenvalue weighted by Gasteiger charge is 2.42. The van der Waals surface area contributed by atoms with E-state index in [2.05, 4.69) is 5.32 Å². The predicted molar refractivity (Wildman–Crippen MR) is 140 cm³/mol. The fraction of sp³-hybridized carbons (Fsp3) is 0.444. The van der Waals surface area contributed by atoms with Gasteiger partial charge >= 0.3 is 18.1 Å². The van der Waals surface area contributed by atoms with Crippen LogP contribution < -0.4 is 5.32 Å². The Morgan fingerprint density at radius 1 is 1.18 bits per heavy atom. The number of hydrogen-bond donors (Lipinski definition) is 2. The van der Waals surface area contributed by atoms with Crippen LogP contribution in [0.4, 0.5) is 34.6 Å². The van der Waals surface area contributed by atoms with E-state index in [1.807, 2.05) is 11.9 Å². The highest BCUT2D eigenvalue weighted by atomic mass is 19.4. The summed E-state index contributed by atoms with van der Waals surface area (Å²) in [7, 11) is 3.46. The molecule has 2 aliphatic heterocycles. The van der Waals surface area contributed by atoms with Crippen LogP contribution in [0.15, 0.2) is 41.4 Å². The number of carboxylic acid groups (broad SMARTS) is 1. The molecule has 2 aromatic rings. The van der Waals surface area contributed by atoms with Crippen molar-refractivity contribution in [1.82, 2.24) is 9.80 Å². The maximum absolute atomic E-state index is 14.1. The molecule has 2 heterocycles. The van der Waals surface area contributed by atoms with E-state index in [9.17, 15) is 27.2 Å². The van der Waals surface area contributed by atoms with Crippen LogP contribution in [-0.4, -0.2) is 83.6 Å². The van der Waals surface area contributed by atoms with E-state index < -0.39 is 35.7 Å². The molecular weight excluding hydrogens is 536 g/mol. The lowest BCUT2D eigenvalue weighted by molar-refractivity contribution is -0.138. The van der Waals surface area contributed by atoms with Crippen molar-refractivity contribution >= 4 is 34.8 Å². The number of esters is 1. The summed E-state index contributed by atoms with van der Waals surface area (Å²) in [5, 5.41) is 12.0. The van der Waals surface area contributed by atoms with Crippen molar-refractivity contribution in [2.45, 2.75) is 44.1 Å². The number of hydrogen-bond acceptors (Lipinski definition) is 7. The number of benzene rings is 2. The van der Waals surface area contributed by atoms with Crippen LogP contribution in [0.1, 0.15) is 36.8 Å². The number of carbonyl (C=O) groups is 1. The number of halogens is 4. The number of aliphatic carboxylic acids is 1. The average Bonchev–Trinajstić information content (AvgIpc) is 3.04. The number of amidine groups is 1. The Kier molecular flexibility index (Phi) is 8.94. The van der Waals surface area contributed by atoms with Crippen LogP contribution in [0.3, 0.4) is 0 Å². The molecule has 0 spiro atoms. The number of nitrogens with one attached hydrogen (secondary N) is 1. The van der Waals surface area contributed by atoms with Crippen molar-refractivity contribution in [3.63, 3.8) is 0 Å². The second-order valence-electron chi connectivity index (χ2n) is 9.72. The summed E-state index contributed by atoms with van der Waals surface area (Å²) >= 11 is 0. The van der Waals surface area contributed by atoms with E-state index >= 15 is 0 Å². The Morgan fingerprint density at radius 3 is 2.65 bits per heavy atom. The number of methoxy groups -OCH3 is 1. The van der Waals surface area contributed by atoms with Crippen molar-refractivity contribution in [3.8, 4) is 0 Å². The number of piperazine rings is 1. The van der Waals surface area contributed by atoms with Crippen molar-refractivity contribution in [2.24, 2.45) is 4.99 Å². The standard InChI is InChI=1S/C27H30F4N4O5/c1-34-15-23(40-25(38)10-9-24(36)37)35(14-18(34)4-3-11-39-2)26-19-12-16(27(29,30)31)5-7-20(19)32-22-13-17(28)6-8-21(22)33-26/h5-8,12-13,18,23,32H,3-4,9-11,14-15H2,1-2H3,(H,36,37)/p+1/t18-,23?/m0/s1. The first-order valence-electron chi connectivity index (χ1n) is 12.7. The van der Waals surface area contributed by atoms with Gasteiger partial charge in [0.25, 0.3) is 6.23 Å². The molecule has 1 saturated heterocycles. The maximum Gasteiger partial charge on any atom is 0.485 e. The van der Waals surface area contributed by atoms with Crippen LogP contribution in [0.2, 0.25) is 0 Å². The second kappa shape index (κ2) is 12.2. The number of alkyl halides is 3. The Balaban J connectivity index is 1.80. The number of fused-ring (bicyclic) bond motifs is 2. The maximum atomic E-state index is 14.1. The number of nitrogens with zero attached hydrogens (tertiary/aromatic N) is 3. The number of ether oxygens (including phenoxy) is 2. The molecule has 9 nitrogen and oxygen atoms in total. The summed E-state index contributed by atoms with van der Waals surface area (Å²) in [6.45, 7) is 1.02. The van der Waals surface area contributed by atoms with Crippen molar-refractivity contribution < 1.29 is 41.7 Å². The molecular formula is C27H31F4N4O5+. The largest absolute Gasteiger partial charge is 0.485 e. The SMILES string of the molecule is COCCC[C@H]1CN(C2=Nc3ccc(F)cc3Nc3ccc(C(F)(F)F)cc32)C(OC(=[OH+])CCC(=O)O)CN1C. The van der Waals surface area contributed by atoms with Gasteiger partial charge in [-0.1, -0.05) is 0 Å². The van der Waals surface area contributed by atoms with Crippen molar-refractivity contribution in [1.29, 1.82) is 0 Å². The van der Waals surface area contributed by atoms with Gasteiger partial charge in [0.2, 0.25) is 0 Å². The van der Waals surface area contributed by atoms with Crippen LogP contribution in [0.25, 0.3) is 0 Å². The second-order valence-corrected chi connectivity index (χ2v) is 9.72. The van der Waals surface area contributed by atoms with E-state index in [0.29, 0.717) is 18.7 Å². The van der Waals surface area contributed by atoms with Crippen molar-refractivity contribution in [3.05, 3.63) is 53.3 Å². The number of carbonyl (C=O) groups excluding carboxylic acids is 1. The van der Waals surface area contributed by atoms with E-state index in [0.717, 1.165) is 18.6 Å². The first-order chi connectivity index (χ1) is 19.0. The molecule has 0 bridgehead atoms. The molecule has 0 aromatic heterocycles. The average molecular weight is 568 g/mol. The molecule has 4 rings (SSSR count). The molecule has 1 fully saturated rings. The highest BCUT2D eigenvalue weighted by Crippen LogP contribution is 2.39. The fourth-order valence-electron chi connectivity index (χ4n) is 4.77. The topological polar surface area (TPSA) is 108 Å². The lowest BCUT2D eigenvalue weighted by Crippen LogP contribution is -2.60. The fourth-order valence-corrected chi connectivity index (χ4v) is 4.77. The molecule has 2 aromatic carbocycles. The predicted octanol–water partition coefficient (Wildman–Crippen LogP) is 4.73. The quantitative estimate of drug-likeness (QED) is 0.206. The molecule has 2 aliphatic rings. The molecule has 13 heteroatoms. The van der Waals surface area contributed by atoms with E-state index in [1.165, 1.54) is 24.3 Å². The minimum atomic E-state index is -4.63. The van der Waals surface area contributed by atoms with Crippen LogP contribution in [0, 0.1) is 5.82 Å². The number of anilines is 2. The Morgan fingerprint density at radius 2 is 1.95 bits per heavy atom. The van der Waals surface area contributed by atoms with Crippen LogP contribution in [0.5, 0.6) is 0 Å². The molecule has 2 atom stereocenters. The van der Waals surface area contributed by atoms with E-state index in [4.69, 9.17) is 19.6 Å². The Labute approximate surface area is 228 Å². The monoisotopic (exact) mass is 567 g/mol. The molecule has 0 aliphatic carbocycles. The van der Waals surface area contributed by atoms with Gasteiger partial charge in [-0.25, -0.2) is 9.38 Å². The van der Waals surface area contributed by atoms with Crippen molar-refractivity contribution in [2.75, 3.05) is 39.2 Å². The Hall–Kier alpha value is -3.71. The van der Waals surface area contributed by atoms with Crippen LogP contribution in [-0.2, 0) is 20.4 Å². The minimum absolute atomic E-state index is 0.0722. The highest BCUT2D eigenvalue weighted by molar-refractivity contribution is 6.08. The number of likely N-dealkylation sites (N-methyl/N-ethyl adjacent to an activating group) is 1. The summed E-state index contributed by atoms with van der Waals surface area (Å²) in [4.78, 5) is 29.8. The zero-order valence-electron chi connectivity index (χ0n) is 22.0. The van der Waals surface area contributed by atoms with Gasteiger partial charge in [0.15, 0.2) is 0 Å². The Bertz CT molecular complexity index is 1290. The lowest BCUT2D eigenvalue weighted by Gasteiger charge is -2.43. The van der Waals surface area contributed by atoms with Gasteiger partial charge < -0.3 is 20.0 Å². The summed E-state index contributed by atoms with van der Waals surface area (Å²) < 4.78 is 66.4. The summed E-state index contributed by atoms with van der Waals surface area (Å²) in [5.41, 5.74) is 0.0787. The first-order valence-corrected chi connectivity index (χ1v) is 12.7. The van der Waals surface area contributed by atoms with E-state index in [1.54, 1.807) is 12.0 Å². The molecule has 40 heavy (non-hydrogen) atoms. The summed E-state index contributed by atoms with van der Waals surface area (Å²) in [6, 6.07) is 6.95. The van der Waals surface area contributed by atoms with Gasteiger partial charge in [-0.05, 0) is 56.3 Å². The third kappa shape index (κ3) is 6.89. The van der Waals surface area contributed by atoms with E-state index in [-0.39, 0.29) is 54.7 Å². The smallest absolute Gasteiger partial charge is 0.481 e. The summed E-state index contributed by atoms with van der Waals surface area (Å²) in [5.74, 6) is -2.04. The van der Waals surface area contributed by atoms with Gasteiger partial charge in [-0.15, -0.1) is 0 Å². The van der Waals surface area contributed by atoms with Gasteiger partial charge in [0, 0.05) is 37.6 Å². The van der Waals surface area contributed by atoms with Gasteiger partial charge in [-0.2, -0.15) is 13.2 Å². The molecule has 216 valence electrons. The van der Waals surface area contributed by atoms with Crippen LogP contribution >= 0.6 is 0 Å². The number of aliphatic imine (C=N–C) groups is 1. The lowest BCUT2D eigenvalue weighted by atomic mass is 10.0. The third-order valence-electron chi connectivity index (χ3n) is 6.85. The zero-order chi connectivity index (χ0) is 29.0. The normalized spacial score (nSPS) is 19.1. The summed E-state index contributed by atoms with van der Waals surface area (Å²) in [6.07, 6.45) is -4.74. The minimum Gasteiger partial charge on any atom is -0.481 e. The zero-order valence-corrected chi connectivity index (χ0v) is 22.0. The molecule has 3 N–H and O–H groups in total. The molecule has 0 amide bonds. The molecule has 0 radical (unpaired) electrons.